The van der Waals surface area contributed by atoms with Crippen LogP contribution in [-0.4, -0.2) is 0 Å². The van der Waals surface area contributed by atoms with Gasteiger partial charge < -0.3 is 9.32 Å². The highest BCUT2D eigenvalue weighted by Gasteiger charge is 2.20. The first-order valence-corrected chi connectivity index (χ1v) is 16.4. The predicted molar refractivity (Wildman–Crippen MR) is 204 cm³/mol. The number of fused-ring (bicyclic) bond motifs is 9. The number of nitrogens with zero attached hydrogens (tertiary/aromatic N) is 1. The van der Waals surface area contributed by atoms with Crippen molar-refractivity contribution >= 4 is 82.1 Å². The summed E-state index contributed by atoms with van der Waals surface area (Å²) >= 11 is 0. The Morgan fingerprint density at radius 2 is 0.958 bits per heavy atom. The van der Waals surface area contributed by atoms with E-state index in [0.29, 0.717) is 0 Å². The van der Waals surface area contributed by atoms with Crippen LogP contribution in [-0.2, 0) is 0 Å². The average Bonchev–Trinajstić information content (AvgIpc) is 3.54. The maximum Gasteiger partial charge on any atom is 0.143 e. The predicted octanol–water partition coefficient (Wildman–Crippen LogP) is 13.3. The van der Waals surface area contributed by atoms with E-state index in [-0.39, 0.29) is 0 Å². The molecule has 0 atom stereocenters. The number of hydrogen-bond donors (Lipinski definition) is 0. The summed E-state index contributed by atoms with van der Waals surface area (Å²) in [7, 11) is 0. The van der Waals surface area contributed by atoms with Gasteiger partial charge in [-0.25, -0.2) is 0 Å². The molecule has 0 amide bonds. The van der Waals surface area contributed by atoms with Crippen LogP contribution in [0.25, 0.3) is 76.2 Å². The molecule has 10 rings (SSSR count). The Hall–Kier alpha value is -6.38. The van der Waals surface area contributed by atoms with Crippen LogP contribution in [0.15, 0.2) is 180 Å². The van der Waals surface area contributed by atoms with Crippen molar-refractivity contribution < 1.29 is 4.42 Å². The Morgan fingerprint density at radius 1 is 0.354 bits per heavy atom. The lowest BCUT2D eigenvalue weighted by Gasteiger charge is -2.29. The molecule has 9 aromatic carbocycles. The van der Waals surface area contributed by atoms with E-state index in [1.54, 1.807) is 0 Å². The second kappa shape index (κ2) is 10.6. The zero-order chi connectivity index (χ0) is 31.6. The van der Waals surface area contributed by atoms with E-state index in [1.807, 2.05) is 0 Å². The van der Waals surface area contributed by atoms with Crippen molar-refractivity contribution in [1.29, 1.82) is 0 Å². The Balaban J connectivity index is 1.21. The smallest absolute Gasteiger partial charge is 0.143 e. The van der Waals surface area contributed by atoms with Crippen LogP contribution in [0.3, 0.4) is 0 Å². The van der Waals surface area contributed by atoms with Crippen molar-refractivity contribution in [2.75, 3.05) is 4.90 Å². The number of rotatable bonds is 4. The van der Waals surface area contributed by atoms with E-state index < -0.39 is 0 Å². The maximum absolute atomic E-state index is 6.48. The number of benzene rings is 9. The van der Waals surface area contributed by atoms with Gasteiger partial charge in [0.15, 0.2) is 0 Å². The molecule has 0 saturated carbocycles. The highest BCUT2D eigenvalue weighted by atomic mass is 16.3. The quantitative estimate of drug-likeness (QED) is 0.184. The van der Waals surface area contributed by atoms with Crippen molar-refractivity contribution in [2.24, 2.45) is 0 Å². The molecule has 0 aliphatic heterocycles. The third-order valence-electron chi connectivity index (χ3n) is 9.81. The van der Waals surface area contributed by atoms with E-state index in [4.69, 9.17) is 4.42 Å². The van der Waals surface area contributed by atoms with Gasteiger partial charge in [-0.2, -0.15) is 0 Å². The molecule has 0 saturated heterocycles. The molecule has 0 unspecified atom stereocenters. The molecule has 2 nitrogen and oxygen atoms in total. The summed E-state index contributed by atoms with van der Waals surface area (Å²) in [5, 5.41) is 12.0. The second-order valence-electron chi connectivity index (χ2n) is 12.5. The van der Waals surface area contributed by atoms with Crippen molar-refractivity contribution in [3.63, 3.8) is 0 Å². The van der Waals surface area contributed by atoms with Crippen molar-refractivity contribution in [2.45, 2.75) is 0 Å². The Kier molecular flexibility index (Phi) is 5.91. The fourth-order valence-corrected chi connectivity index (χ4v) is 7.54. The normalized spacial score (nSPS) is 11.8. The minimum atomic E-state index is 0.898. The number of para-hydroxylation sites is 1. The van der Waals surface area contributed by atoms with Crippen LogP contribution in [0, 0.1) is 0 Å². The van der Waals surface area contributed by atoms with Crippen LogP contribution in [0.4, 0.5) is 17.1 Å². The lowest BCUT2D eigenvalue weighted by Crippen LogP contribution is -2.11. The topological polar surface area (TPSA) is 16.4 Å². The van der Waals surface area contributed by atoms with Crippen LogP contribution < -0.4 is 4.90 Å². The number of hydrogen-bond acceptors (Lipinski definition) is 2. The highest BCUT2D eigenvalue weighted by Crippen LogP contribution is 2.45. The minimum Gasteiger partial charge on any atom is -0.455 e. The van der Waals surface area contributed by atoms with E-state index in [0.717, 1.165) is 55.5 Å². The van der Waals surface area contributed by atoms with Gasteiger partial charge in [0.25, 0.3) is 0 Å². The van der Waals surface area contributed by atoms with Gasteiger partial charge in [0.05, 0.1) is 11.4 Å². The molecule has 2 heteroatoms. The zero-order valence-electron chi connectivity index (χ0n) is 26.1. The van der Waals surface area contributed by atoms with Crippen LogP contribution in [0.2, 0.25) is 0 Å². The molecule has 0 radical (unpaired) electrons. The Bertz CT molecular complexity index is 2860. The molecule has 0 aliphatic rings. The summed E-state index contributed by atoms with van der Waals surface area (Å²) in [6, 6.07) is 63.4. The van der Waals surface area contributed by atoms with E-state index in [1.165, 1.54) is 37.7 Å². The van der Waals surface area contributed by atoms with Gasteiger partial charge in [-0.15, -0.1) is 0 Å². The zero-order valence-corrected chi connectivity index (χ0v) is 26.1. The highest BCUT2D eigenvalue weighted by molar-refractivity contribution is 6.16. The van der Waals surface area contributed by atoms with Gasteiger partial charge >= 0.3 is 0 Å². The second-order valence-corrected chi connectivity index (χ2v) is 12.5. The van der Waals surface area contributed by atoms with Crippen LogP contribution in [0.1, 0.15) is 0 Å². The van der Waals surface area contributed by atoms with E-state index in [9.17, 15) is 0 Å². The van der Waals surface area contributed by atoms with Gasteiger partial charge in [-0.3, -0.25) is 0 Å². The Labute approximate surface area is 277 Å². The van der Waals surface area contributed by atoms with Gasteiger partial charge in [0.2, 0.25) is 0 Å². The molecule has 0 aliphatic carbocycles. The lowest BCUT2D eigenvalue weighted by atomic mass is 9.97. The Morgan fingerprint density at radius 3 is 1.83 bits per heavy atom. The molecule has 0 spiro atoms. The lowest BCUT2D eigenvalue weighted by molar-refractivity contribution is 0.672. The minimum absolute atomic E-state index is 0.898. The monoisotopic (exact) mass is 611 g/mol. The molecular formula is C46H29NO. The molecule has 0 N–H and O–H groups in total. The van der Waals surface area contributed by atoms with E-state index >= 15 is 0 Å². The fraction of sp³-hybridized carbons (Fsp3) is 0. The molecule has 0 bridgehead atoms. The van der Waals surface area contributed by atoms with Crippen LogP contribution >= 0.6 is 0 Å². The fourth-order valence-electron chi connectivity index (χ4n) is 7.54. The van der Waals surface area contributed by atoms with Crippen molar-refractivity contribution in [3.8, 4) is 11.1 Å². The van der Waals surface area contributed by atoms with Crippen molar-refractivity contribution in [3.05, 3.63) is 176 Å². The summed E-state index contributed by atoms with van der Waals surface area (Å²) in [6.45, 7) is 0. The summed E-state index contributed by atoms with van der Waals surface area (Å²) in [5.74, 6) is 0. The summed E-state index contributed by atoms with van der Waals surface area (Å²) in [4.78, 5) is 2.43. The summed E-state index contributed by atoms with van der Waals surface area (Å²) in [5.41, 5.74) is 7.51. The van der Waals surface area contributed by atoms with Gasteiger partial charge in [-0.1, -0.05) is 133 Å². The third-order valence-corrected chi connectivity index (χ3v) is 9.81. The first-order valence-electron chi connectivity index (χ1n) is 16.4. The average molecular weight is 612 g/mol. The first-order chi connectivity index (χ1) is 23.8. The standard InChI is InChI=1S/C46H29NO/c1-4-14-36-31(11-1)20-21-33-28-35(24-26-37(33)36)47(44-19-9-13-30-10-2-5-15-38(30)44)43-18-8-7-16-39(43)34-23-27-45-42(29-34)41-25-22-32-12-3-6-17-40(32)46(41)48-45/h1-29H. The largest absolute Gasteiger partial charge is 0.455 e. The molecule has 0 fully saturated rings. The van der Waals surface area contributed by atoms with Gasteiger partial charge in [0, 0.05) is 32.8 Å². The van der Waals surface area contributed by atoms with Crippen molar-refractivity contribution in [1.82, 2.24) is 0 Å². The SMILES string of the molecule is c1ccc(N(c2ccc3c(ccc4ccccc43)c2)c2cccc3ccccc23)c(-c2ccc3oc4c5ccccc5ccc4c3c2)c1. The number of furan rings is 1. The molecular weight excluding hydrogens is 583 g/mol. The van der Waals surface area contributed by atoms with Gasteiger partial charge in [0.1, 0.15) is 11.2 Å². The third kappa shape index (κ3) is 4.13. The molecule has 224 valence electrons. The summed E-state index contributed by atoms with van der Waals surface area (Å²) in [6.07, 6.45) is 0. The molecule has 10 aromatic rings. The number of anilines is 3. The summed E-state index contributed by atoms with van der Waals surface area (Å²) < 4.78 is 6.48. The molecule has 1 heterocycles. The van der Waals surface area contributed by atoms with Crippen LogP contribution in [0.5, 0.6) is 0 Å². The van der Waals surface area contributed by atoms with Gasteiger partial charge in [-0.05, 0) is 80.3 Å². The maximum atomic E-state index is 6.48. The van der Waals surface area contributed by atoms with E-state index in [2.05, 4.69) is 181 Å². The first kappa shape index (κ1) is 26.8. The molecule has 48 heavy (non-hydrogen) atoms. The molecule has 1 aromatic heterocycles.